The van der Waals surface area contributed by atoms with Crippen LogP contribution in [0.2, 0.25) is 0 Å². The van der Waals surface area contributed by atoms with Crippen molar-refractivity contribution < 1.29 is 29.3 Å². The van der Waals surface area contributed by atoms with Gasteiger partial charge in [-0.15, -0.1) is 0 Å². The fourth-order valence-corrected chi connectivity index (χ4v) is 2.49. The minimum atomic E-state index is -1.82. The first-order valence-corrected chi connectivity index (χ1v) is 7.97. The van der Waals surface area contributed by atoms with Crippen LogP contribution in [-0.2, 0) is 16.1 Å². The molecule has 0 spiro atoms. The first kappa shape index (κ1) is 19.8. The van der Waals surface area contributed by atoms with E-state index in [-0.39, 0.29) is 0 Å². The summed E-state index contributed by atoms with van der Waals surface area (Å²) in [7, 11) is 1.69. The summed E-state index contributed by atoms with van der Waals surface area (Å²) in [6, 6.07) is 6.86. The first-order valence-electron chi connectivity index (χ1n) is 7.97. The zero-order valence-corrected chi connectivity index (χ0v) is 14.1. The largest absolute Gasteiger partial charge is 0.493 e. The van der Waals surface area contributed by atoms with Gasteiger partial charge in [0.2, 0.25) is 0 Å². The third-order valence-corrected chi connectivity index (χ3v) is 3.66. The van der Waals surface area contributed by atoms with Gasteiger partial charge in [-0.25, -0.2) is 9.59 Å². The molecule has 0 heterocycles. The lowest BCUT2D eigenvalue weighted by molar-refractivity contribution is -0.159. The summed E-state index contributed by atoms with van der Waals surface area (Å²) in [5, 5.41) is 18.4. The number of carbonyl (C=O) groups is 2. The van der Waals surface area contributed by atoms with E-state index in [1.54, 1.807) is 7.11 Å². The first-order chi connectivity index (χ1) is 11.5. The average Bonchev–Trinajstić information content (AvgIpc) is 3.08. The van der Waals surface area contributed by atoms with Crippen LogP contribution >= 0.6 is 0 Å². The van der Waals surface area contributed by atoms with Gasteiger partial charge in [0.25, 0.3) is 0 Å². The van der Waals surface area contributed by atoms with Crippen LogP contribution in [0.1, 0.15) is 38.2 Å². The SMILES string of the molecule is CCOc1ccc(CNC2CCCC2)cc1OC.O=C(O)C(=O)O. The Kier molecular flexibility index (Phi) is 8.64. The van der Waals surface area contributed by atoms with Gasteiger partial charge < -0.3 is 25.0 Å². The maximum Gasteiger partial charge on any atom is 0.414 e. The lowest BCUT2D eigenvalue weighted by Gasteiger charge is -2.14. The molecule has 0 amide bonds. The number of hydrogen-bond acceptors (Lipinski definition) is 5. The summed E-state index contributed by atoms with van der Waals surface area (Å²) >= 11 is 0. The van der Waals surface area contributed by atoms with Gasteiger partial charge >= 0.3 is 11.9 Å². The Hall–Kier alpha value is -2.28. The molecule has 0 saturated heterocycles. The van der Waals surface area contributed by atoms with E-state index in [0.29, 0.717) is 12.6 Å². The lowest BCUT2D eigenvalue weighted by atomic mass is 10.1. The standard InChI is InChI=1S/C15H23NO2.C2H2O4/c1-3-18-14-9-8-12(10-15(14)17-2)11-16-13-6-4-5-7-13;3-1(4)2(5)6/h8-10,13,16H,3-7,11H2,1-2H3;(H,3,4)(H,5,6). The molecule has 1 fully saturated rings. The lowest BCUT2D eigenvalue weighted by Crippen LogP contribution is -2.25. The summed E-state index contributed by atoms with van der Waals surface area (Å²) in [5.41, 5.74) is 1.25. The molecule has 0 bridgehead atoms. The van der Waals surface area contributed by atoms with E-state index in [2.05, 4.69) is 17.4 Å². The molecule has 0 atom stereocenters. The molecule has 24 heavy (non-hydrogen) atoms. The smallest absolute Gasteiger partial charge is 0.414 e. The minimum absolute atomic E-state index is 0.663. The Morgan fingerprint density at radius 1 is 1.17 bits per heavy atom. The molecular weight excluding hydrogens is 314 g/mol. The highest BCUT2D eigenvalue weighted by Crippen LogP contribution is 2.28. The number of nitrogens with one attached hydrogen (secondary N) is 1. The van der Waals surface area contributed by atoms with Crippen molar-refractivity contribution in [3.05, 3.63) is 23.8 Å². The van der Waals surface area contributed by atoms with Crippen molar-refractivity contribution in [2.24, 2.45) is 0 Å². The van der Waals surface area contributed by atoms with Crippen LogP contribution in [0.25, 0.3) is 0 Å². The predicted molar refractivity (Wildman–Crippen MR) is 88.5 cm³/mol. The normalized spacial score (nSPS) is 13.8. The third kappa shape index (κ3) is 6.87. The van der Waals surface area contributed by atoms with Gasteiger partial charge in [-0.1, -0.05) is 18.9 Å². The number of benzene rings is 1. The molecule has 0 aliphatic heterocycles. The summed E-state index contributed by atoms with van der Waals surface area (Å²) < 4.78 is 10.9. The fourth-order valence-electron chi connectivity index (χ4n) is 2.49. The molecule has 0 unspecified atom stereocenters. The Morgan fingerprint density at radius 3 is 2.29 bits per heavy atom. The molecule has 0 aromatic heterocycles. The molecule has 2 rings (SSSR count). The van der Waals surface area contributed by atoms with Crippen molar-refractivity contribution in [2.75, 3.05) is 13.7 Å². The second-order valence-corrected chi connectivity index (χ2v) is 5.39. The molecule has 1 aliphatic rings. The summed E-state index contributed by atoms with van der Waals surface area (Å²) in [6.07, 6.45) is 5.36. The summed E-state index contributed by atoms with van der Waals surface area (Å²) in [6.45, 7) is 3.55. The van der Waals surface area contributed by atoms with E-state index in [0.717, 1.165) is 18.0 Å². The van der Waals surface area contributed by atoms with Crippen LogP contribution in [0.15, 0.2) is 18.2 Å². The van der Waals surface area contributed by atoms with Crippen molar-refractivity contribution in [1.29, 1.82) is 0 Å². The second-order valence-electron chi connectivity index (χ2n) is 5.39. The van der Waals surface area contributed by atoms with Crippen LogP contribution in [0.4, 0.5) is 0 Å². The summed E-state index contributed by atoms with van der Waals surface area (Å²) in [4.78, 5) is 18.2. The monoisotopic (exact) mass is 339 g/mol. The maximum atomic E-state index is 9.10. The molecule has 0 radical (unpaired) electrons. The molecule has 7 nitrogen and oxygen atoms in total. The molecule has 1 aromatic rings. The zero-order chi connectivity index (χ0) is 17.9. The number of ether oxygens (including phenoxy) is 2. The average molecular weight is 339 g/mol. The number of aliphatic carboxylic acids is 2. The Balaban J connectivity index is 0.000000413. The van der Waals surface area contributed by atoms with Crippen LogP contribution in [0.3, 0.4) is 0 Å². The van der Waals surface area contributed by atoms with Crippen LogP contribution < -0.4 is 14.8 Å². The van der Waals surface area contributed by atoms with E-state index in [1.165, 1.54) is 31.2 Å². The van der Waals surface area contributed by atoms with Gasteiger partial charge in [0.1, 0.15) is 0 Å². The molecule has 3 N–H and O–H groups in total. The van der Waals surface area contributed by atoms with Crippen molar-refractivity contribution in [1.82, 2.24) is 5.32 Å². The van der Waals surface area contributed by atoms with Gasteiger partial charge in [0.05, 0.1) is 13.7 Å². The number of rotatable bonds is 6. The molecule has 134 valence electrons. The van der Waals surface area contributed by atoms with E-state index in [4.69, 9.17) is 29.3 Å². The number of carboxylic acid groups (broad SMARTS) is 2. The van der Waals surface area contributed by atoms with Crippen LogP contribution in [0, 0.1) is 0 Å². The maximum absolute atomic E-state index is 9.10. The minimum Gasteiger partial charge on any atom is -0.493 e. The predicted octanol–water partition coefficient (Wildman–Crippen LogP) is 2.28. The summed E-state index contributed by atoms with van der Waals surface area (Å²) in [5.74, 6) is -2.00. The van der Waals surface area contributed by atoms with Gasteiger partial charge in [-0.05, 0) is 37.5 Å². The highest BCUT2D eigenvalue weighted by Gasteiger charge is 2.14. The highest BCUT2D eigenvalue weighted by atomic mass is 16.5. The molecule has 1 aliphatic carbocycles. The van der Waals surface area contributed by atoms with Crippen molar-refractivity contribution in [2.45, 2.75) is 45.2 Å². The van der Waals surface area contributed by atoms with Crippen LogP contribution in [-0.4, -0.2) is 41.9 Å². The fraction of sp³-hybridized carbons (Fsp3) is 0.529. The van der Waals surface area contributed by atoms with E-state index < -0.39 is 11.9 Å². The molecule has 1 aromatic carbocycles. The van der Waals surface area contributed by atoms with E-state index in [1.807, 2.05) is 13.0 Å². The topological polar surface area (TPSA) is 105 Å². The van der Waals surface area contributed by atoms with E-state index >= 15 is 0 Å². The van der Waals surface area contributed by atoms with Crippen molar-refractivity contribution in [3.63, 3.8) is 0 Å². The van der Waals surface area contributed by atoms with Crippen molar-refractivity contribution in [3.8, 4) is 11.5 Å². The van der Waals surface area contributed by atoms with Crippen LogP contribution in [0.5, 0.6) is 11.5 Å². The molecule has 7 heteroatoms. The zero-order valence-electron chi connectivity index (χ0n) is 14.1. The van der Waals surface area contributed by atoms with Gasteiger partial charge in [-0.2, -0.15) is 0 Å². The number of methoxy groups -OCH3 is 1. The Bertz CT molecular complexity index is 528. The highest BCUT2D eigenvalue weighted by molar-refractivity contribution is 6.27. The number of carboxylic acids is 2. The third-order valence-electron chi connectivity index (χ3n) is 3.66. The van der Waals surface area contributed by atoms with Crippen molar-refractivity contribution >= 4 is 11.9 Å². The van der Waals surface area contributed by atoms with Gasteiger partial charge in [0, 0.05) is 12.6 Å². The Labute approximate surface area is 141 Å². The van der Waals surface area contributed by atoms with Gasteiger partial charge in [-0.3, -0.25) is 0 Å². The second kappa shape index (κ2) is 10.5. The molecular formula is C17H25NO6. The van der Waals surface area contributed by atoms with Gasteiger partial charge in [0.15, 0.2) is 11.5 Å². The van der Waals surface area contributed by atoms with E-state index in [9.17, 15) is 0 Å². The Morgan fingerprint density at radius 2 is 1.79 bits per heavy atom. The number of hydrogen-bond donors (Lipinski definition) is 3. The quantitative estimate of drug-likeness (QED) is 0.683. The molecule has 1 saturated carbocycles.